The number of hydrogen-bond donors (Lipinski definition) is 3. The van der Waals surface area contributed by atoms with Crippen molar-refractivity contribution in [1.29, 1.82) is 0 Å². The molecule has 0 fully saturated rings. The highest BCUT2D eigenvalue weighted by atomic mass is 35.5. The maximum absolute atomic E-state index is 12.2. The molecule has 6 nitrogen and oxygen atoms in total. The number of para-hydroxylation sites is 1. The number of aromatic nitrogens is 1. The van der Waals surface area contributed by atoms with E-state index >= 15 is 0 Å². The summed E-state index contributed by atoms with van der Waals surface area (Å²) in [7, 11) is 0. The Hall–Kier alpha value is -3.77. The Balaban J connectivity index is 1.57. The summed E-state index contributed by atoms with van der Waals surface area (Å²) in [6.45, 7) is 0.643. The molecule has 0 unspecified atom stereocenters. The van der Waals surface area contributed by atoms with Crippen LogP contribution in [0.3, 0.4) is 0 Å². The average molecular weight is 420 g/mol. The molecule has 150 valence electrons. The van der Waals surface area contributed by atoms with Crippen LogP contribution in [0.25, 0.3) is 10.9 Å². The molecule has 3 aromatic carbocycles. The van der Waals surface area contributed by atoms with Crippen molar-refractivity contribution in [3.05, 3.63) is 94.6 Å². The number of amides is 1. The maximum atomic E-state index is 12.2. The summed E-state index contributed by atoms with van der Waals surface area (Å²) in [5.41, 5.74) is 5.46. The molecule has 3 N–H and O–H groups in total. The highest BCUT2D eigenvalue weighted by Gasteiger charge is 2.09. The SMILES string of the molecule is O=C(N/N=C\c1cn(Cc2cccc(Cl)c2)c2ccccc12)c1cc(O)cc(O)c1. The van der Waals surface area contributed by atoms with Crippen LogP contribution in [0, 0.1) is 0 Å². The van der Waals surface area contributed by atoms with Crippen LogP contribution in [0.1, 0.15) is 21.5 Å². The topological polar surface area (TPSA) is 86.9 Å². The van der Waals surface area contributed by atoms with E-state index in [4.69, 9.17) is 11.6 Å². The summed E-state index contributed by atoms with van der Waals surface area (Å²) in [5, 5.41) is 24.8. The number of phenols is 2. The Labute approximate surface area is 177 Å². The molecule has 0 atom stereocenters. The lowest BCUT2D eigenvalue weighted by atomic mass is 10.2. The van der Waals surface area contributed by atoms with Gasteiger partial charge in [-0.25, -0.2) is 5.43 Å². The van der Waals surface area contributed by atoms with Gasteiger partial charge in [0.1, 0.15) is 11.5 Å². The van der Waals surface area contributed by atoms with Gasteiger partial charge in [-0.1, -0.05) is 41.9 Å². The van der Waals surface area contributed by atoms with Crippen molar-refractivity contribution in [2.24, 2.45) is 5.10 Å². The fourth-order valence-electron chi connectivity index (χ4n) is 3.29. The number of halogens is 1. The van der Waals surface area contributed by atoms with E-state index in [9.17, 15) is 15.0 Å². The van der Waals surface area contributed by atoms with Crippen LogP contribution in [0.4, 0.5) is 0 Å². The van der Waals surface area contributed by atoms with Crippen LogP contribution in [0.2, 0.25) is 5.02 Å². The Morgan fingerprint density at radius 3 is 2.57 bits per heavy atom. The lowest BCUT2D eigenvalue weighted by Gasteiger charge is -2.05. The van der Waals surface area contributed by atoms with Crippen molar-refractivity contribution in [3.63, 3.8) is 0 Å². The van der Waals surface area contributed by atoms with Gasteiger partial charge < -0.3 is 14.8 Å². The Kier molecular flexibility index (Phi) is 5.41. The second-order valence-corrected chi connectivity index (χ2v) is 7.23. The Morgan fingerprint density at radius 2 is 1.80 bits per heavy atom. The average Bonchev–Trinajstić information content (AvgIpc) is 3.05. The molecule has 30 heavy (non-hydrogen) atoms. The van der Waals surface area contributed by atoms with E-state index in [1.54, 1.807) is 6.21 Å². The zero-order valence-electron chi connectivity index (χ0n) is 15.8. The van der Waals surface area contributed by atoms with Crippen LogP contribution >= 0.6 is 11.6 Å². The predicted molar refractivity (Wildman–Crippen MR) is 117 cm³/mol. The molecule has 7 heteroatoms. The number of hydrazone groups is 1. The molecule has 0 radical (unpaired) electrons. The fraction of sp³-hybridized carbons (Fsp3) is 0.0435. The van der Waals surface area contributed by atoms with Crippen LogP contribution in [0.5, 0.6) is 11.5 Å². The Bertz CT molecular complexity index is 1240. The molecule has 0 aliphatic rings. The fourth-order valence-corrected chi connectivity index (χ4v) is 3.51. The van der Waals surface area contributed by atoms with Crippen molar-refractivity contribution >= 4 is 34.6 Å². The molecule has 0 saturated heterocycles. The molecule has 4 rings (SSSR count). The molecule has 1 amide bonds. The molecule has 0 aliphatic carbocycles. The minimum Gasteiger partial charge on any atom is -0.508 e. The van der Waals surface area contributed by atoms with Gasteiger partial charge in [0, 0.05) is 45.9 Å². The third kappa shape index (κ3) is 4.29. The number of hydrogen-bond acceptors (Lipinski definition) is 4. The first-order valence-corrected chi connectivity index (χ1v) is 9.56. The van der Waals surface area contributed by atoms with E-state index in [2.05, 4.69) is 15.1 Å². The first-order valence-electron chi connectivity index (χ1n) is 9.18. The first-order chi connectivity index (χ1) is 14.5. The predicted octanol–water partition coefficient (Wildman–Crippen LogP) is 4.52. The lowest BCUT2D eigenvalue weighted by molar-refractivity contribution is 0.0954. The number of nitrogens with zero attached hydrogens (tertiary/aromatic N) is 2. The van der Waals surface area contributed by atoms with E-state index in [1.807, 2.05) is 54.7 Å². The van der Waals surface area contributed by atoms with Crippen molar-refractivity contribution in [1.82, 2.24) is 9.99 Å². The molecule has 0 aliphatic heterocycles. The van der Waals surface area contributed by atoms with E-state index < -0.39 is 5.91 Å². The van der Waals surface area contributed by atoms with Gasteiger partial charge in [0.25, 0.3) is 5.91 Å². The number of aromatic hydroxyl groups is 2. The van der Waals surface area contributed by atoms with Gasteiger partial charge in [0.15, 0.2) is 0 Å². The molecule has 0 spiro atoms. The van der Waals surface area contributed by atoms with E-state index in [0.717, 1.165) is 28.1 Å². The molecule has 4 aromatic rings. The van der Waals surface area contributed by atoms with Gasteiger partial charge in [-0.3, -0.25) is 4.79 Å². The van der Waals surface area contributed by atoms with Crippen molar-refractivity contribution in [2.75, 3.05) is 0 Å². The lowest BCUT2D eigenvalue weighted by Crippen LogP contribution is -2.17. The molecular weight excluding hydrogens is 402 g/mol. The second kappa shape index (κ2) is 8.31. The van der Waals surface area contributed by atoms with Gasteiger partial charge in [-0.2, -0.15) is 5.10 Å². The highest BCUT2D eigenvalue weighted by molar-refractivity contribution is 6.30. The first kappa shape index (κ1) is 19.5. The zero-order valence-corrected chi connectivity index (χ0v) is 16.5. The zero-order chi connectivity index (χ0) is 21.1. The molecule has 1 heterocycles. The number of fused-ring (bicyclic) bond motifs is 1. The summed E-state index contributed by atoms with van der Waals surface area (Å²) in [5.74, 6) is -0.943. The minimum atomic E-state index is -0.542. The third-order valence-corrected chi connectivity index (χ3v) is 4.83. The van der Waals surface area contributed by atoms with Crippen LogP contribution < -0.4 is 5.43 Å². The molecule has 1 aromatic heterocycles. The number of rotatable bonds is 5. The van der Waals surface area contributed by atoms with E-state index in [-0.39, 0.29) is 17.1 Å². The summed E-state index contributed by atoms with van der Waals surface area (Å²) < 4.78 is 2.09. The Morgan fingerprint density at radius 1 is 1.03 bits per heavy atom. The quantitative estimate of drug-likeness (QED) is 0.328. The maximum Gasteiger partial charge on any atom is 0.271 e. The molecule has 0 bridgehead atoms. The van der Waals surface area contributed by atoms with Crippen LogP contribution in [0.15, 0.2) is 78.0 Å². The minimum absolute atomic E-state index is 0.105. The van der Waals surface area contributed by atoms with Gasteiger partial charge >= 0.3 is 0 Å². The van der Waals surface area contributed by atoms with Gasteiger partial charge in [0.2, 0.25) is 0 Å². The summed E-state index contributed by atoms with van der Waals surface area (Å²) in [6.07, 6.45) is 3.53. The largest absolute Gasteiger partial charge is 0.508 e. The summed E-state index contributed by atoms with van der Waals surface area (Å²) >= 11 is 6.10. The van der Waals surface area contributed by atoms with Crippen LogP contribution in [-0.4, -0.2) is 26.9 Å². The molecular formula is C23H18ClN3O3. The summed E-state index contributed by atoms with van der Waals surface area (Å²) in [4.78, 5) is 12.2. The van der Waals surface area contributed by atoms with E-state index in [0.29, 0.717) is 11.6 Å². The summed E-state index contributed by atoms with van der Waals surface area (Å²) in [6, 6.07) is 19.3. The normalized spacial score (nSPS) is 11.2. The number of benzene rings is 3. The van der Waals surface area contributed by atoms with Crippen molar-refractivity contribution in [2.45, 2.75) is 6.54 Å². The monoisotopic (exact) mass is 419 g/mol. The highest BCUT2D eigenvalue weighted by Crippen LogP contribution is 2.22. The van der Waals surface area contributed by atoms with Gasteiger partial charge in [-0.05, 0) is 35.9 Å². The van der Waals surface area contributed by atoms with E-state index in [1.165, 1.54) is 12.1 Å². The van der Waals surface area contributed by atoms with Crippen LogP contribution in [-0.2, 0) is 6.54 Å². The number of carbonyl (C=O) groups excluding carboxylic acids is 1. The third-order valence-electron chi connectivity index (χ3n) is 4.60. The molecule has 0 saturated carbocycles. The van der Waals surface area contributed by atoms with Gasteiger partial charge in [0.05, 0.1) is 6.21 Å². The smallest absolute Gasteiger partial charge is 0.271 e. The number of nitrogens with one attached hydrogen (secondary N) is 1. The van der Waals surface area contributed by atoms with Gasteiger partial charge in [-0.15, -0.1) is 0 Å². The number of phenolic OH excluding ortho intramolecular Hbond substituents is 2. The number of carbonyl (C=O) groups is 1. The van der Waals surface area contributed by atoms with Crippen molar-refractivity contribution < 1.29 is 15.0 Å². The van der Waals surface area contributed by atoms with Crippen molar-refractivity contribution in [3.8, 4) is 11.5 Å². The standard InChI is InChI=1S/C23H18ClN3O3/c24-18-5-3-4-15(8-18)13-27-14-17(21-6-1-2-7-22(21)27)12-25-26-23(30)16-9-19(28)11-20(29)10-16/h1-12,14,28-29H,13H2,(H,26,30)/b25-12-. The second-order valence-electron chi connectivity index (χ2n) is 6.80.